The predicted molar refractivity (Wildman–Crippen MR) is 81.6 cm³/mol. The lowest BCUT2D eigenvalue weighted by Crippen LogP contribution is -2.39. The largest absolute Gasteiger partial charge is 0.495 e. The van der Waals surface area contributed by atoms with Crippen molar-refractivity contribution in [3.05, 3.63) is 22.7 Å². The molecule has 0 heterocycles. The van der Waals surface area contributed by atoms with Crippen LogP contribution in [-0.4, -0.2) is 25.6 Å². The summed E-state index contributed by atoms with van der Waals surface area (Å²) in [7, 11) is 1.61. The third-order valence-electron chi connectivity index (χ3n) is 2.99. The number of anilines is 1. The molecule has 0 radical (unpaired) electrons. The first-order valence-electron chi connectivity index (χ1n) is 6.30. The smallest absolute Gasteiger partial charge is 0.239 e. The van der Waals surface area contributed by atoms with Crippen molar-refractivity contribution in [2.75, 3.05) is 19.0 Å². The Morgan fingerprint density at radius 3 is 2.63 bits per heavy atom. The fraction of sp³-hybridized carbons (Fsp3) is 0.500. The molecule has 1 atom stereocenters. The van der Waals surface area contributed by atoms with Gasteiger partial charge in [0.05, 0.1) is 18.1 Å². The summed E-state index contributed by atoms with van der Waals surface area (Å²) in [6.07, 6.45) is 0. The van der Waals surface area contributed by atoms with E-state index in [1.54, 1.807) is 7.11 Å². The zero-order chi connectivity index (χ0) is 14.4. The van der Waals surface area contributed by atoms with Crippen molar-refractivity contribution in [2.24, 2.45) is 5.92 Å². The molecule has 5 heteroatoms. The SMILES string of the molecule is COc1cc(NCC(=O)NC(C)C(C)C)ccc1Br. The Bertz CT molecular complexity index is 435. The number of amides is 1. The number of benzene rings is 1. The number of rotatable bonds is 6. The van der Waals surface area contributed by atoms with Crippen molar-refractivity contribution in [3.63, 3.8) is 0 Å². The van der Waals surface area contributed by atoms with E-state index >= 15 is 0 Å². The van der Waals surface area contributed by atoms with E-state index in [1.165, 1.54) is 0 Å². The summed E-state index contributed by atoms with van der Waals surface area (Å²) in [5.41, 5.74) is 0.854. The quantitative estimate of drug-likeness (QED) is 0.843. The highest BCUT2D eigenvalue weighted by atomic mass is 79.9. The Kier molecular flexibility index (Phi) is 6.15. The first-order chi connectivity index (χ1) is 8.93. The maximum Gasteiger partial charge on any atom is 0.239 e. The average Bonchev–Trinajstić information content (AvgIpc) is 2.37. The molecule has 106 valence electrons. The number of carbonyl (C=O) groups is 1. The molecule has 0 saturated carbocycles. The van der Waals surface area contributed by atoms with E-state index in [0.29, 0.717) is 5.92 Å². The highest BCUT2D eigenvalue weighted by Gasteiger charge is 2.10. The lowest BCUT2D eigenvalue weighted by Gasteiger charge is -2.18. The van der Waals surface area contributed by atoms with Gasteiger partial charge in [-0.1, -0.05) is 13.8 Å². The topological polar surface area (TPSA) is 50.4 Å². The molecule has 1 amide bonds. The predicted octanol–water partition coefficient (Wildman–Crippen LogP) is 3.03. The number of hydrogen-bond donors (Lipinski definition) is 2. The second-order valence-electron chi connectivity index (χ2n) is 4.80. The van der Waals surface area contributed by atoms with E-state index in [-0.39, 0.29) is 18.5 Å². The average molecular weight is 329 g/mol. The minimum absolute atomic E-state index is 0.0110. The van der Waals surface area contributed by atoms with Crippen LogP contribution in [0, 0.1) is 5.92 Å². The van der Waals surface area contributed by atoms with Crippen molar-refractivity contribution >= 4 is 27.5 Å². The van der Waals surface area contributed by atoms with Crippen LogP contribution in [-0.2, 0) is 4.79 Å². The molecular weight excluding hydrogens is 308 g/mol. The van der Waals surface area contributed by atoms with Crippen LogP contribution in [0.4, 0.5) is 5.69 Å². The molecule has 0 aromatic heterocycles. The fourth-order valence-corrected chi connectivity index (χ4v) is 1.83. The Morgan fingerprint density at radius 2 is 2.05 bits per heavy atom. The van der Waals surface area contributed by atoms with Crippen LogP contribution in [0.2, 0.25) is 0 Å². The van der Waals surface area contributed by atoms with Crippen LogP contribution in [0.3, 0.4) is 0 Å². The van der Waals surface area contributed by atoms with E-state index < -0.39 is 0 Å². The van der Waals surface area contributed by atoms with Gasteiger partial charge in [0.2, 0.25) is 5.91 Å². The van der Waals surface area contributed by atoms with Gasteiger partial charge in [-0.15, -0.1) is 0 Å². The highest BCUT2D eigenvalue weighted by Crippen LogP contribution is 2.27. The molecule has 0 fully saturated rings. The maximum atomic E-state index is 11.7. The molecule has 0 spiro atoms. The van der Waals surface area contributed by atoms with Crippen molar-refractivity contribution in [2.45, 2.75) is 26.8 Å². The van der Waals surface area contributed by atoms with Crippen molar-refractivity contribution in [1.82, 2.24) is 5.32 Å². The van der Waals surface area contributed by atoms with Gasteiger partial charge >= 0.3 is 0 Å². The Morgan fingerprint density at radius 1 is 1.37 bits per heavy atom. The molecule has 0 bridgehead atoms. The maximum absolute atomic E-state index is 11.7. The zero-order valence-corrected chi connectivity index (χ0v) is 13.4. The molecule has 19 heavy (non-hydrogen) atoms. The van der Waals surface area contributed by atoms with Crippen LogP contribution in [0.1, 0.15) is 20.8 Å². The molecule has 1 unspecified atom stereocenters. The third kappa shape index (κ3) is 5.11. The van der Waals surface area contributed by atoms with Gasteiger partial charge in [0.1, 0.15) is 5.75 Å². The molecule has 0 aliphatic rings. The molecule has 0 aliphatic heterocycles. The summed E-state index contributed by atoms with van der Waals surface area (Å²) >= 11 is 3.39. The van der Waals surface area contributed by atoms with E-state index in [1.807, 2.05) is 25.1 Å². The van der Waals surface area contributed by atoms with Crippen LogP contribution < -0.4 is 15.4 Å². The van der Waals surface area contributed by atoms with Gasteiger partial charge in [0.25, 0.3) is 0 Å². The molecule has 2 N–H and O–H groups in total. The van der Waals surface area contributed by atoms with Crippen LogP contribution in [0.25, 0.3) is 0 Å². The Balaban J connectivity index is 2.50. The van der Waals surface area contributed by atoms with Gasteiger partial charge in [-0.05, 0) is 40.9 Å². The van der Waals surface area contributed by atoms with Crippen LogP contribution in [0.5, 0.6) is 5.75 Å². The van der Waals surface area contributed by atoms with Gasteiger partial charge < -0.3 is 15.4 Å². The summed E-state index contributed by atoms with van der Waals surface area (Å²) in [6.45, 7) is 6.42. The lowest BCUT2D eigenvalue weighted by molar-refractivity contribution is -0.120. The molecule has 1 rings (SSSR count). The summed E-state index contributed by atoms with van der Waals surface area (Å²) in [4.78, 5) is 11.7. The molecular formula is C14H21BrN2O2. The van der Waals surface area contributed by atoms with Crippen LogP contribution >= 0.6 is 15.9 Å². The molecule has 1 aromatic carbocycles. The highest BCUT2D eigenvalue weighted by molar-refractivity contribution is 9.10. The first kappa shape index (κ1) is 15.8. The van der Waals surface area contributed by atoms with Gasteiger partial charge in [0, 0.05) is 17.8 Å². The molecule has 0 aliphatic carbocycles. The van der Waals surface area contributed by atoms with Gasteiger partial charge in [-0.25, -0.2) is 0 Å². The standard InChI is InChI=1S/C14H21BrN2O2/c1-9(2)10(3)17-14(18)8-16-11-5-6-12(15)13(7-11)19-4/h5-7,9-10,16H,8H2,1-4H3,(H,17,18). The first-order valence-corrected chi connectivity index (χ1v) is 7.10. The van der Waals surface area contributed by atoms with Crippen molar-refractivity contribution in [3.8, 4) is 5.75 Å². The summed E-state index contributed by atoms with van der Waals surface area (Å²) < 4.78 is 6.09. The Labute approximate surface area is 123 Å². The summed E-state index contributed by atoms with van der Waals surface area (Å²) in [5.74, 6) is 1.15. The van der Waals surface area contributed by atoms with Crippen molar-refractivity contribution < 1.29 is 9.53 Å². The molecule has 0 saturated heterocycles. The number of methoxy groups -OCH3 is 1. The van der Waals surface area contributed by atoms with Gasteiger partial charge in [-0.2, -0.15) is 0 Å². The summed E-state index contributed by atoms with van der Waals surface area (Å²) in [5, 5.41) is 6.03. The number of nitrogens with one attached hydrogen (secondary N) is 2. The minimum Gasteiger partial charge on any atom is -0.495 e. The molecule has 4 nitrogen and oxygen atoms in total. The monoisotopic (exact) mass is 328 g/mol. The number of carbonyl (C=O) groups excluding carboxylic acids is 1. The zero-order valence-electron chi connectivity index (χ0n) is 11.8. The normalized spacial score (nSPS) is 12.1. The Hall–Kier alpha value is -1.23. The van der Waals surface area contributed by atoms with Crippen molar-refractivity contribution in [1.29, 1.82) is 0 Å². The number of hydrogen-bond acceptors (Lipinski definition) is 3. The van der Waals surface area contributed by atoms with E-state index in [0.717, 1.165) is 15.9 Å². The van der Waals surface area contributed by atoms with Gasteiger partial charge in [-0.3, -0.25) is 4.79 Å². The van der Waals surface area contributed by atoms with E-state index in [4.69, 9.17) is 4.74 Å². The lowest BCUT2D eigenvalue weighted by atomic mass is 10.1. The third-order valence-corrected chi connectivity index (χ3v) is 3.65. The number of halogens is 1. The number of ether oxygens (including phenoxy) is 1. The molecule has 1 aromatic rings. The van der Waals surface area contributed by atoms with E-state index in [9.17, 15) is 4.79 Å². The van der Waals surface area contributed by atoms with Crippen LogP contribution in [0.15, 0.2) is 22.7 Å². The second-order valence-corrected chi connectivity index (χ2v) is 5.66. The second kappa shape index (κ2) is 7.38. The van der Waals surface area contributed by atoms with E-state index in [2.05, 4.69) is 40.4 Å². The fourth-order valence-electron chi connectivity index (χ4n) is 1.42. The summed E-state index contributed by atoms with van der Waals surface area (Å²) in [6, 6.07) is 5.80. The van der Waals surface area contributed by atoms with Gasteiger partial charge in [0.15, 0.2) is 0 Å². The minimum atomic E-state index is -0.0110.